The average molecular weight is 363 g/mol. The maximum Gasteiger partial charge on any atom is 0.254 e. The van der Waals surface area contributed by atoms with Crippen LogP contribution in [-0.4, -0.2) is 27.0 Å². The third-order valence-electron chi connectivity index (χ3n) is 3.61. The molecule has 0 aliphatic heterocycles. The fourth-order valence-corrected chi connectivity index (χ4v) is 2.34. The number of benzene rings is 1. The number of carbonyl (C=O) groups is 1. The number of hydrogen-bond acceptors (Lipinski definition) is 6. The second kappa shape index (κ2) is 8.75. The molecule has 2 aromatic heterocycles. The van der Waals surface area contributed by atoms with Gasteiger partial charge in [-0.25, -0.2) is 9.97 Å². The Balaban J connectivity index is 1.63. The Bertz CT molecular complexity index is 882. The number of carbonyl (C=O) groups excluding carboxylic acids is 1. The Hall–Kier alpha value is -3.48. The molecular formula is C20H21N5O2. The van der Waals surface area contributed by atoms with Crippen molar-refractivity contribution in [3.8, 4) is 5.75 Å². The van der Waals surface area contributed by atoms with Crippen LogP contribution in [0.4, 0.5) is 11.6 Å². The Kier molecular flexibility index (Phi) is 5.94. The van der Waals surface area contributed by atoms with E-state index in [1.807, 2.05) is 50.2 Å². The van der Waals surface area contributed by atoms with Crippen LogP contribution in [0.3, 0.4) is 0 Å². The summed E-state index contributed by atoms with van der Waals surface area (Å²) in [5.74, 6) is 0.873. The van der Waals surface area contributed by atoms with Crippen LogP contribution in [0.2, 0.25) is 0 Å². The first-order valence-corrected chi connectivity index (χ1v) is 8.63. The summed E-state index contributed by atoms with van der Waals surface area (Å²) < 4.78 is 5.77. The number of amides is 1. The van der Waals surface area contributed by atoms with Crippen LogP contribution in [0.1, 0.15) is 29.8 Å². The van der Waals surface area contributed by atoms with Crippen molar-refractivity contribution in [2.45, 2.75) is 26.5 Å². The van der Waals surface area contributed by atoms with Crippen LogP contribution < -0.4 is 15.4 Å². The number of ether oxygens (including phenoxy) is 1. The second-order valence-corrected chi connectivity index (χ2v) is 6.12. The monoisotopic (exact) mass is 363 g/mol. The zero-order valence-electron chi connectivity index (χ0n) is 15.2. The Morgan fingerprint density at radius 3 is 2.48 bits per heavy atom. The lowest BCUT2D eigenvalue weighted by Crippen LogP contribution is -2.23. The van der Waals surface area contributed by atoms with E-state index >= 15 is 0 Å². The summed E-state index contributed by atoms with van der Waals surface area (Å²) in [5, 5.41) is 5.94. The molecule has 3 aromatic rings. The summed E-state index contributed by atoms with van der Waals surface area (Å²) in [6.45, 7) is 4.35. The van der Waals surface area contributed by atoms with E-state index in [1.54, 1.807) is 12.4 Å². The number of nitrogens with zero attached hydrogens (tertiary/aromatic N) is 3. The predicted octanol–water partition coefficient (Wildman–Crippen LogP) is 3.33. The molecule has 0 radical (unpaired) electrons. The van der Waals surface area contributed by atoms with E-state index in [1.165, 1.54) is 12.4 Å². The first-order chi connectivity index (χ1) is 13.1. The van der Waals surface area contributed by atoms with Crippen LogP contribution in [-0.2, 0) is 6.54 Å². The minimum Gasteiger partial charge on any atom is -0.489 e. The highest BCUT2D eigenvalue weighted by atomic mass is 16.5. The van der Waals surface area contributed by atoms with E-state index in [4.69, 9.17) is 4.74 Å². The number of pyridine rings is 1. The van der Waals surface area contributed by atoms with Crippen molar-refractivity contribution in [3.63, 3.8) is 0 Å². The first kappa shape index (κ1) is 18.3. The molecule has 0 fully saturated rings. The maximum absolute atomic E-state index is 12.2. The van der Waals surface area contributed by atoms with Gasteiger partial charge in [0.05, 0.1) is 17.4 Å². The summed E-state index contributed by atoms with van der Waals surface area (Å²) in [7, 11) is 0. The summed E-state index contributed by atoms with van der Waals surface area (Å²) in [6.07, 6.45) is 6.41. The molecule has 0 saturated heterocycles. The molecule has 3 rings (SSSR count). The molecule has 0 aliphatic carbocycles. The molecular weight excluding hydrogens is 342 g/mol. The minimum atomic E-state index is -0.234. The second-order valence-electron chi connectivity index (χ2n) is 6.12. The van der Waals surface area contributed by atoms with Crippen molar-refractivity contribution in [1.82, 2.24) is 20.3 Å². The average Bonchev–Trinajstić information content (AvgIpc) is 2.69. The zero-order chi connectivity index (χ0) is 19.1. The number of rotatable bonds is 7. The highest BCUT2D eigenvalue weighted by Crippen LogP contribution is 2.26. The number of nitrogens with one attached hydrogen (secondary N) is 2. The SMILES string of the molecule is CC(C)Oc1ccccc1Nc1ncc(C(=O)NCc2ccncc2)cn1. The normalized spacial score (nSPS) is 10.5. The third kappa shape index (κ3) is 5.24. The fraction of sp³-hybridized carbons (Fsp3) is 0.200. The summed E-state index contributed by atoms with van der Waals surface area (Å²) in [4.78, 5) is 24.6. The standard InChI is InChI=1S/C20H21N5O2/c1-14(2)27-18-6-4-3-5-17(18)25-20-23-12-16(13-24-20)19(26)22-11-15-7-9-21-10-8-15/h3-10,12-14H,11H2,1-2H3,(H,22,26)(H,23,24,25). The number of aromatic nitrogens is 3. The molecule has 0 saturated carbocycles. The van der Waals surface area contributed by atoms with Gasteiger partial charge in [0.25, 0.3) is 5.91 Å². The van der Waals surface area contributed by atoms with E-state index in [2.05, 4.69) is 25.6 Å². The topological polar surface area (TPSA) is 89.0 Å². The van der Waals surface area contributed by atoms with Gasteiger partial charge in [0.15, 0.2) is 0 Å². The molecule has 0 spiro atoms. The minimum absolute atomic E-state index is 0.0559. The van der Waals surface area contributed by atoms with Gasteiger partial charge in [0.2, 0.25) is 5.95 Å². The molecule has 1 amide bonds. The van der Waals surface area contributed by atoms with Crippen LogP contribution in [0, 0.1) is 0 Å². The molecule has 2 N–H and O–H groups in total. The fourth-order valence-electron chi connectivity index (χ4n) is 2.34. The van der Waals surface area contributed by atoms with Crippen LogP contribution in [0.15, 0.2) is 61.2 Å². The van der Waals surface area contributed by atoms with Crippen molar-refractivity contribution in [2.24, 2.45) is 0 Å². The molecule has 0 unspecified atom stereocenters. The van der Waals surface area contributed by atoms with Crippen molar-refractivity contribution in [1.29, 1.82) is 0 Å². The quantitative estimate of drug-likeness (QED) is 0.669. The summed E-state index contributed by atoms with van der Waals surface area (Å²) in [5.41, 5.74) is 2.13. The summed E-state index contributed by atoms with van der Waals surface area (Å²) in [6, 6.07) is 11.3. The van der Waals surface area contributed by atoms with E-state index in [0.29, 0.717) is 18.1 Å². The van der Waals surface area contributed by atoms with Gasteiger partial charge in [-0.05, 0) is 43.7 Å². The molecule has 0 aliphatic rings. The Morgan fingerprint density at radius 1 is 1.07 bits per heavy atom. The molecule has 7 nitrogen and oxygen atoms in total. The first-order valence-electron chi connectivity index (χ1n) is 8.63. The largest absolute Gasteiger partial charge is 0.489 e. The van der Waals surface area contributed by atoms with Crippen molar-refractivity contribution >= 4 is 17.5 Å². The van der Waals surface area contributed by atoms with Gasteiger partial charge < -0.3 is 15.4 Å². The van der Waals surface area contributed by atoms with Crippen molar-refractivity contribution in [2.75, 3.05) is 5.32 Å². The van der Waals surface area contributed by atoms with Gasteiger partial charge >= 0.3 is 0 Å². The predicted molar refractivity (Wildman–Crippen MR) is 103 cm³/mol. The van der Waals surface area contributed by atoms with Crippen LogP contribution in [0.25, 0.3) is 0 Å². The lowest BCUT2D eigenvalue weighted by atomic mass is 10.2. The molecule has 27 heavy (non-hydrogen) atoms. The molecule has 0 bridgehead atoms. The van der Waals surface area contributed by atoms with E-state index in [0.717, 1.165) is 17.0 Å². The van der Waals surface area contributed by atoms with Gasteiger partial charge in [-0.15, -0.1) is 0 Å². The maximum atomic E-state index is 12.2. The van der Waals surface area contributed by atoms with E-state index in [9.17, 15) is 4.79 Å². The molecule has 2 heterocycles. The molecule has 138 valence electrons. The molecule has 0 atom stereocenters. The highest BCUT2D eigenvalue weighted by molar-refractivity contribution is 5.93. The van der Waals surface area contributed by atoms with E-state index in [-0.39, 0.29) is 12.0 Å². The zero-order valence-corrected chi connectivity index (χ0v) is 15.2. The smallest absolute Gasteiger partial charge is 0.254 e. The highest BCUT2D eigenvalue weighted by Gasteiger charge is 2.09. The van der Waals surface area contributed by atoms with Crippen molar-refractivity contribution in [3.05, 3.63) is 72.3 Å². The Morgan fingerprint density at radius 2 is 1.78 bits per heavy atom. The van der Waals surface area contributed by atoms with Gasteiger partial charge in [-0.3, -0.25) is 9.78 Å². The van der Waals surface area contributed by atoms with E-state index < -0.39 is 0 Å². The Labute approximate surface area is 157 Å². The molecule has 7 heteroatoms. The van der Waals surface area contributed by atoms with Gasteiger partial charge in [-0.1, -0.05) is 12.1 Å². The lowest BCUT2D eigenvalue weighted by molar-refractivity contribution is 0.0950. The van der Waals surface area contributed by atoms with Crippen LogP contribution in [0.5, 0.6) is 5.75 Å². The number of hydrogen-bond donors (Lipinski definition) is 2. The number of anilines is 2. The van der Waals surface area contributed by atoms with Gasteiger partial charge in [0.1, 0.15) is 5.75 Å². The lowest BCUT2D eigenvalue weighted by Gasteiger charge is -2.14. The van der Waals surface area contributed by atoms with Crippen LogP contribution >= 0.6 is 0 Å². The number of para-hydroxylation sites is 2. The van der Waals surface area contributed by atoms with Gasteiger partial charge in [0, 0.05) is 31.3 Å². The van der Waals surface area contributed by atoms with Crippen molar-refractivity contribution < 1.29 is 9.53 Å². The summed E-state index contributed by atoms with van der Waals surface area (Å²) >= 11 is 0. The van der Waals surface area contributed by atoms with Gasteiger partial charge in [-0.2, -0.15) is 0 Å². The molecule has 1 aromatic carbocycles. The third-order valence-corrected chi connectivity index (χ3v) is 3.61.